The van der Waals surface area contributed by atoms with E-state index in [-0.39, 0.29) is 6.61 Å². The fourth-order valence-corrected chi connectivity index (χ4v) is 2.89. The molecule has 1 aromatic heterocycles. The molecule has 0 radical (unpaired) electrons. The molecule has 4 nitrogen and oxygen atoms in total. The lowest BCUT2D eigenvalue weighted by Gasteiger charge is -2.13. The molecule has 4 heteroatoms. The Hall–Kier alpha value is -3.40. The summed E-state index contributed by atoms with van der Waals surface area (Å²) in [6.07, 6.45) is 2.44. The van der Waals surface area contributed by atoms with Gasteiger partial charge >= 0.3 is 5.97 Å². The first-order valence-corrected chi connectivity index (χ1v) is 8.76. The number of hydrogen-bond acceptors (Lipinski definition) is 3. The maximum atomic E-state index is 11.9. The van der Waals surface area contributed by atoms with Gasteiger partial charge in [-0.05, 0) is 19.1 Å². The Balaban J connectivity index is 2.16. The van der Waals surface area contributed by atoms with Crippen molar-refractivity contribution in [3.05, 3.63) is 97.0 Å². The number of nitrogens with zero attached hydrogens (tertiary/aromatic N) is 2. The standard InChI is InChI=1S/C23H22N2O2/c1-4-11-20-22(18-12-7-5-8-13-18)25(19-14-9-6-10-15-19)21(24-20)16-27-23(26)17(2)3/h4-10,12-15H,1-2,11,16H2,3H3. The summed E-state index contributed by atoms with van der Waals surface area (Å²) in [5, 5.41) is 0. The molecular weight excluding hydrogens is 336 g/mol. The number of carbonyl (C=O) groups excluding carboxylic acids is 1. The van der Waals surface area contributed by atoms with Crippen LogP contribution in [0, 0.1) is 0 Å². The molecule has 0 aliphatic carbocycles. The van der Waals surface area contributed by atoms with E-state index >= 15 is 0 Å². The molecule has 0 bridgehead atoms. The van der Waals surface area contributed by atoms with Crippen molar-refractivity contribution in [2.24, 2.45) is 0 Å². The summed E-state index contributed by atoms with van der Waals surface area (Å²) < 4.78 is 7.43. The quantitative estimate of drug-likeness (QED) is 0.343. The zero-order valence-corrected chi connectivity index (χ0v) is 15.4. The molecule has 0 saturated carbocycles. The summed E-state index contributed by atoms with van der Waals surface area (Å²) >= 11 is 0. The second-order valence-electron chi connectivity index (χ2n) is 6.21. The summed E-state index contributed by atoms with van der Waals surface area (Å²) in [4.78, 5) is 16.6. The van der Waals surface area contributed by atoms with Crippen LogP contribution >= 0.6 is 0 Å². The monoisotopic (exact) mass is 358 g/mol. The molecule has 27 heavy (non-hydrogen) atoms. The molecule has 0 amide bonds. The predicted octanol–water partition coefficient (Wildman–Crippen LogP) is 4.89. The minimum absolute atomic E-state index is 0.0670. The van der Waals surface area contributed by atoms with Crippen molar-refractivity contribution in [3.8, 4) is 16.9 Å². The van der Waals surface area contributed by atoms with E-state index in [1.54, 1.807) is 6.92 Å². The minimum Gasteiger partial charge on any atom is -0.454 e. The molecule has 3 aromatic rings. The highest BCUT2D eigenvalue weighted by molar-refractivity contribution is 5.86. The number of allylic oxidation sites excluding steroid dienone is 1. The van der Waals surface area contributed by atoms with Gasteiger partial charge in [-0.3, -0.25) is 4.57 Å². The normalized spacial score (nSPS) is 10.4. The van der Waals surface area contributed by atoms with Crippen LogP contribution < -0.4 is 0 Å². The Morgan fingerprint density at radius 2 is 1.74 bits per heavy atom. The van der Waals surface area contributed by atoms with Crippen LogP contribution in [-0.2, 0) is 22.6 Å². The van der Waals surface area contributed by atoms with Gasteiger partial charge in [0, 0.05) is 23.2 Å². The number of rotatable bonds is 7. The molecule has 0 unspecified atom stereocenters. The molecular formula is C23H22N2O2. The van der Waals surface area contributed by atoms with Crippen molar-refractivity contribution in [2.75, 3.05) is 0 Å². The minimum atomic E-state index is -0.427. The van der Waals surface area contributed by atoms with Crippen LogP contribution in [0.25, 0.3) is 16.9 Å². The molecule has 136 valence electrons. The van der Waals surface area contributed by atoms with Gasteiger partial charge in [0.15, 0.2) is 5.82 Å². The van der Waals surface area contributed by atoms with E-state index in [1.165, 1.54) is 0 Å². The smallest absolute Gasteiger partial charge is 0.333 e. The zero-order valence-electron chi connectivity index (χ0n) is 15.4. The van der Waals surface area contributed by atoms with Gasteiger partial charge in [-0.2, -0.15) is 0 Å². The van der Waals surface area contributed by atoms with Crippen molar-refractivity contribution in [1.29, 1.82) is 0 Å². The first-order chi connectivity index (χ1) is 13.1. The highest BCUT2D eigenvalue weighted by Gasteiger charge is 2.20. The third-order valence-electron chi connectivity index (χ3n) is 4.10. The molecule has 1 heterocycles. The van der Waals surface area contributed by atoms with Crippen molar-refractivity contribution in [3.63, 3.8) is 0 Å². The molecule has 0 saturated heterocycles. The average Bonchev–Trinajstić information content (AvgIpc) is 3.05. The van der Waals surface area contributed by atoms with Crippen LogP contribution in [0.3, 0.4) is 0 Å². The average molecular weight is 358 g/mol. The molecule has 0 N–H and O–H groups in total. The Morgan fingerprint density at radius 3 is 2.33 bits per heavy atom. The molecule has 2 aromatic carbocycles. The van der Waals surface area contributed by atoms with Gasteiger partial charge in [0.2, 0.25) is 0 Å². The largest absolute Gasteiger partial charge is 0.454 e. The van der Waals surface area contributed by atoms with Gasteiger partial charge in [0.1, 0.15) is 6.61 Å². The molecule has 0 fully saturated rings. The van der Waals surface area contributed by atoms with Crippen molar-refractivity contribution in [1.82, 2.24) is 9.55 Å². The third kappa shape index (κ3) is 4.06. The lowest BCUT2D eigenvalue weighted by molar-refractivity contribution is -0.140. The Morgan fingerprint density at radius 1 is 1.11 bits per heavy atom. The van der Waals surface area contributed by atoms with Crippen LogP contribution in [0.15, 0.2) is 85.5 Å². The fraction of sp³-hybridized carbons (Fsp3) is 0.130. The van der Waals surface area contributed by atoms with Gasteiger partial charge in [0.25, 0.3) is 0 Å². The van der Waals surface area contributed by atoms with Crippen LogP contribution in [0.4, 0.5) is 0 Å². The van der Waals surface area contributed by atoms with E-state index in [9.17, 15) is 4.79 Å². The topological polar surface area (TPSA) is 44.1 Å². The summed E-state index contributed by atoms with van der Waals surface area (Å²) in [5.41, 5.74) is 4.23. The van der Waals surface area contributed by atoms with Crippen LogP contribution in [0.1, 0.15) is 18.4 Å². The summed E-state index contributed by atoms with van der Waals surface area (Å²) in [6.45, 7) is 9.18. The number of carbonyl (C=O) groups is 1. The first-order valence-electron chi connectivity index (χ1n) is 8.76. The van der Waals surface area contributed by atoms with E-state index in [1.807, 2.05) is 71.3 Å². The zero-order chi connectivity index (χ0) is 19.2. The summed E-state index contributed by atoms with van der Waals surface area (Å²) in [6, 6.07) is 20.0. The molecule has 0 spiro atoms. The number of aromatic nitrogens is 2. The Labute approximate surface area is 159 Å². The fourth-order valence-electron chi connectivity index (χ4n) is 2.89. The van der Waals surface area contributed by atoms with Gasteiger partial charge in [-0.15, -0.1) is 6.58 Å². The number of hydrogen-bond donors (Lipinski definition) is 0. The van der Waals surface area contributed by atoms with Gasteiger partial charge in [-0.1, -0.05) is 61.2 Å². The molecule has 3 rings (SSSR count). The second-order valence-corrected chi connectivity index (χ2v) is 6.21. The third-order valence-corrected chi connectivity index (χ3v) is 4.10. The lowest BCUT2D eigenvalue weighted by atomic mass is 10.1. The van der Waals surface area contributed by atoms with Gasteiger partial charge in [0.05, 0.1) is 11.4 Å². The van der Waals surface area contributed by atoms with E-state index in [0.29, 0.717) is 17.8 Å². The van der Waals surface area contributed by atoms with Crippen LogP contribution in [0.2, 0.25) is 0 Å². The van der Waals surface area contributed by atoms with Gasteiger partial charge in [-0.25, -0.2) is 9.78 Å². The van der Waals surface area contributed by atoms with E-state index < -0.39 is 5.97 Å². The first kappa shape index (κ1) is 18.4. The molecule has 0 aliphatic heterocycles. The number of ether oxygens (including phenoxy) is 1. The summed E-state index contributed by atoms with van der Waals surface area (Å²) in [5.74, 6) is 0.232. The number of benzene rings is 2. The Bertz CT molecular complexity index is 957. The molecule has 0 atom stereocenters. The maximum Gasteiger partial charge on any atom is 0.333 e. The number of imidazole rings is 1. The molecule has 0 aliphatic rings. The van der Waals surface area contributed by atoms with Crippen molar-refractivity contribution >= 4 is 5.97 Å². The van der Waals surface area contributed by atoms with E-state index in [4.69, 9.17) is 9.72 Å². The maximum absolute atomic E-state index is 11.9. The Kier molecular flexibility index (Phi) is 5.67. The van der Waals surface area contributed by atoms with Crippen LogP contribution in [-0.4, -0.2) is 15.5 Å². The van der Waals surface area contributed by atoms with E-state index in [2.05, 4.69) is 13.2 Å². The highest BCUT2D eigenvalue weighted by atomic mass is 16.5. The van der Waals surface area contributed by atoms with E-state index in [0.717, 1.165) is 22.6 Å². The van der Waals surface area contributed by atoms with Crippen molar-refractivity contribution in [2.45, 2.75) is 20.0 Å². The SMILES string of the molecule is C=CCc1nc(COC(=O)C(=C)C)n(-c2ccccc2)c1-c1ccccc1. The highest BCUT2D eigenvalue weighted by Crippen LogP contribution is 2.29. The summed E-state index contributed by atoms with van der Waals surface area (Å²) in [7, 11) is 0. The van der Waals surface area contributed by atoms with Crippen molar-refractivity contribution < 1.29 is 9.53 Å². The van der Waals surface area contributed by atoms with Crippen LogP contribution in [0.5, 0.6) is 0 Å². The predicted molar refractivity (Wildman–Crippen MR) is 108 cm³/mol. The number of esters is 1. The second kappa shape index (κ2) is 8.32. The number of para-hydroxylation sites is 1. The van der Waals surface area contributed by atoms with Gasteiger partial charge < -0.3 is 4.74 Å². The lowest BCUT2D eigenvalue weighted by Crippen LogP contribution is -2.09.